The maximum Gasteiger partial charge on any atom is 0.268 e. The maximum absolute atomic E-state index is 12.9. The zero-order valence-corrected chi connectivity index (χ0v) is 20.4. The molecule has 0 aliphatic heterocycles. The first-order valence-corrected chi connectivity index (χ1v) is 11.9. The van der Waals surface area contributed by atoms with Gasteiger partial charge in [0.15, 0.2) is 11.5 Å². The van der Waals surface area contributed by atoms with Crippen molar-refractivity contribution in [2.24, 2.45) is 7.05 Å². The number of aryl methyl sites for hydroxylation is 1. The summed E-state index contributed by atoms with van der Waals surface area (Å²) >= 11 is 0. The Hall–Kier alpha value is -2.56. The van der Waals surface area contributed by atoms with Crippen LogP contribution >= 0.6 is 0 Å². The van der Waals surface area contributed by atoms with Crippen LogP contribution in [0, 0.1) is 0 Å². The number of nitrogens with one attached hydrogen (secondary N) is 1. The number of hydrogen-bond acceptors (Lipinski definition) is 6. The van der Waals surface area contributed by atoms with Crippen molar-refractivity contribution in [2.75, 3.05) is 40.5 Å². The van der Waals surface area contributed by atoms with E-state index in [9.17, 15) is 13.2 Å². The molecule has 0 spiro atoms. The number of aromatic nitrogens is 1. The van der Waals surface area contributed by atoms with E-state index in [-0.39, 0.29) is 22.5 Å². The molecule has 9 nitrogen and oxygen atoms in total. The van der Waals surface area contributed by atoms with E-state index in [1.54, 1.807) is 47.2 Å². The topological polar surface area (TPSA) is 99.1 Å². The Kier molecular flexibility index (Phi) is 9.11. The number of amides is 1. The molecule has 0 bridgehead atoms. The van der Waals surface area contributed by atoms with Gasteiger partial charge in [-0.3, -0.25) is 4.79 Å². The molecule has 1 aromatic carbocycles. The summed E-state index contributed by atoms with van der Waals surface area (Å²) < 4.78 is 44.4. The van der Waals surface area contributed by atoms with Crippen LogP contribution in [0.3, 0.4) is 0 Å². The normalized spacial score (nSPS) is 12.6. The summed E-state index contributed by atoms with van der Waals surface area (Å²) in [5, 5.41) is 2.91. The van der Waals surface area contributed by atoms with Crippen LogP contribution in [-0.4, -0.2) is 63.7 Å². The van der Waals surface area contributed by atoms with E-state index >= 15 is 0 Å². The van der Waals surface area contributed by atoms with Gasteiger partial charge in [0.2, 0.25) is 10.0 Å². The largest absolute Gasteiger partial charge is 0.493 e. The Labute approximate surface area is 190 Å². The number of hydrogen-bond donors (Lipinski definition) is 1. The summed E-state index contributed by atoms with van der Waals surface area (Å²) in [6.45, 7) is 6.97. The molecule has 2 rings (SSSR count). The maximum atomic E-state index is 12.9. The van der Waals surface area contributed by atoms with Crippen LogP contribution in [0.1, 0.15) is 42.9 Å². The minimum atomic E-state index is -3.65. The summed E-state index contributed by atoms with van der Waals surface area (Å²) in [5.41, 5.74) is 1.08. The quantitative estimate of drug-likeness (QED) is 0.482. The Morgan fingerprint density at radius 1 is 1.12 bits per heavy atom. The molecular weight excluding hydrogens is 434 g/mol. The molecular formula is C22H33N3O6S. The molecule has 1 aromatic heterocycles. The molecule has 1 heterocycles. The highest BCUT2D eigenvalue weighted by Gasteiger charge is 2.26. The van der Waals surface area contributed by atoms with Crippen LogP contribution in [0.15, 0.2) is 35.4 Å². The van der Waals surface area contributed by atoms with Crippen molar-refractivity contribution < 1.29 is 27.4 Å². The minimum absolute atomic E-state index is 0.0979. The third-order valence-corrected chi connectivity index (χ3v) is 7.15. The summed E-state index contributed by atoms with van der Waals surface area (Å²) in [4.78, 5) is 13.0. The second kappa shape index (κ2) is 11.3. The fourth-order valence-electron chi connectivity index (χ4n) is 3.28. The number of carbonyl (C=O) groups excluding carboxylic acids is 1. The predicted molar refractivity (Wildman–Crippen MR) is 122 cm³/mol. The Balaban J connectivity index is 2.18. The Bertz CT molecular complexity index is 1010. The van der Waals surface area contributed by atoms with Crippen molar-refractivity contribution in [3.05, 3.63) is 41.7 Å². The first-order chi connectivity index (χ1) is 15.2. The van der Waals surface area contributed by atoms with Crippen LogP contribution in [0.5, 0.6) is 11.5 Å². The van der Waals surface area contributed by atoms with Crippen LogP contribution < -0.4 is 14.8 Å². The molecule has 0 aliphatic rings. The molecule has 1 amide bonds. The highest BCUT2D eigenvalue weighted by atomic mass is 32.2. The standard InChI is InChI=1S/C22H33N3O6S/c1-7-25(8-2)32(27,28)18-14-19(24(4)15-18)22(26)23-16(3)17-9-10-20(21(13-17)30-6)31-12-11-29-5/h9-10,13-16H,7-8,11-12H2,1-6H3,(H,23,26). The number of benzene rings is 1. The predicted octanol–water partition coefficient (Wildman–Crippen LogP) is 2.58. The smallest absolute Gasteiger partial charge is 0.268 e. The first-order valence-electron chi connectivity index (χ1n) is 10.5. The van der Waals surface area contributed by atoms with Crippen molar-refractivity contribution in [2.45, 2.75) is 31.7 Å². The van der Waals surface area contributed by atoms with Gasteiger partial charge in [0, 0.05) is 33.4 Å². The van der Waals surface area contributed by atoms with Gasteiger partial charge in [0.05, 0.1) is 19.8 Å². The first kappa shape index (κ1) is 25.7. The highest BCUT2D eigenvalue weighted by Crippen LogP contribution is 2.30. The van der Waals surface area contributed by atoms with Crippen LogP contribution in [-0.2, 0) is 21.8 Å². The van der Waals surface area contributed by atoms with Gasteiger partial charge in [0.25, 0.3) is 5.91 Å². The fraction of sp³-hybridized carbons (Fsp3) is 0.500. The van der Waals surface area contributed by atoms with Gasteiger partial charge in [-0.1, -0.05) is 19.9 Å². The van der Waals surface area contributed by atoms with Gasteiger partial charge in [-0.05, 0) is 30.7 Å². The lowest BCUT2D eigenvalue weighted by molar-refractivity contribution is 0.0931. The Morgan fingerprint density at radius 3 is 2.41 bits per heavy atom. The van der Waals surface area contributed by atoms with E-state index in [1.807, 2.05) is 13.0 Å². The van der Waals surface area contributed by atoms with Crippen LogP contribution in [0.25, 0.3) is 0 Å². The number of carbonyl (C=O) groups is 1. The van der Waals surface area contributed by atoms with Crippen LogP contribution in [0.4, 0.5) is 0 Å². The second-order valence-corrected chi connectivity index (χ2v) is 9.15. The zero-order chi connectivity index (χ0) is 23.9. The molecule has 0 saturated heterocycles. The molecule has 32 heavy (non-hydrogen) atoms. The number of sulfonamides is 1. The Morgan fingerprint density at radius 2 is 1.81 bits per heavy atom. The van der Waals surface area contributed by atoms with Gasteiger partial charge in [-0.25, -0.2) is 8.42 Å². The third-order valence-electron chi connectivity index (χ3n) is 5.14. The average Bonchev–Trinajstić information content (AvgIpc) is 3.17. The van der Waals surface area contributed by atoms with Gasteiger partial charge >= 0.3 is 0 Å². The van der Waals surface area contributed by atoms with E-state index in [1.165, 1.54) is 21.1 Å². The van der Waals surface area contributed by atoms with Crippen molar-refractivity contribution in [3.63, 3.8) is 0 Å². The summed E-state index contributed by atoms with van der Waals surface area (Å²) in [6.07, 6.45) is 1.46. The zero-order valence-electron chi connectivity index (χ0n) is 19.5. The number of rotatable bonds is 12. The number of methoxy groups -OCH3 is 2. The van der Waals surface area contributed by atoms with Gasteiger partial charge in [0.1, 0.15) is 17.2 Å². The monoisotopic (exact) mass is 467 g/mol. The third kappa shape index (κ3) is 5.81. The molecule has 2 aromatic rings. The lowest BCUT2D eigenvalue weighted by Gasteiger charge is -2.17. The van der Waals surface area contributed by atoms with E-state index in [4.69, 9.17) is 14.2 Å². The highest BCUT2D eigenvalue weighted by molar-refractivity contribution is 7.89. The lowest BCUT2D eigenvalue weighted by atomic mass is 10.1. The number of ether oxygens (including phenoxy) is 3. The lowest BCUT2D eigenvalue weighted by Crippen LogP contribution is -2.30. The summed E-state index contributed by atoms with van der Waals surface area (Å²) in [5.74, 6) is 0.757. The second-order valence-electron chi connectivity index (χ2n) is 7.21. The molecule has 0 saturated carbocycles. The van der Waals surface area contributed by atoms with Crippen molar-refractivity contribution in [1.29, 1.82) is 0 Å². The summed E-state index contributed by atoms with van der Waals surface area (Å²) in [7, 11) is 1.15. The van der Waals surface area contributed by atoms with E-state index < -0.39 is 10.0 Å². The van der Waals surface area contributed by atoms with E-state index in [0.717, 1.165) is 5.56 Å². The number of nitrogens with zero attached hydrogens (tertiary/aromatic N) is 2. The molecule has 1 unspecified atom stereocenters. The summed E-state index contributed by atoms with van der Waals surface area (Å²) in [6, 6.07) is 6.49. The minimum Gasteiger partial charge on any atom is -0.493 e. The SMILES string of the molecule is CCN(CC)S(=O)(=O)c1cc(C(=O)NC(C)c2ccc(OCCOC)c(OC)c2)n(C)c1. The molecule has 0 fully saturated rings. The van der Waals surface area contributed by atoms with Crippen molar-refractivity contribution in [1.82, 2.24) is 14.2 Å². The van der Waals surface area contributed by atoms with Gasteiger partial charge < -0.3 is 24.1 Å². The molecule has 10 heteroatoms. The van der Waals surface area contributed by atoms with Crippen molar-refractivity contribution in [3.8, 4) is 11.5 Å². The fourth-order valence-corrected chi connectivity index (χ4v) is 4.81. The molecule has 0 radical (unpaired) electrons. The van der Waals surface area contributed by atoms with E-state index in [2.05, 4.69) is 5.32 Å². The van der Waals surface area contributed by atoms with Gasteiger partial charge in [-0.2, -0.15) is 4.31 Å². The van der Waals surface area contributed by atoms with Crippen molar-refractivity contribution >= 4 is 15.9 Å². The van der Waals surface area contributed by atoms with Crippen LogP contribution in [0.2, 0.25) is 0 Å². The molecule has 1 N–H and O–H groups in total. The van der Waals surface area contributed by atoms with E-state index in [0.29, 0.717) is 37.8 Å². The molecule has 0 aliphatic carbocycles. The average molecular weight is 468 g/mol. The molecule has 1 atom stereocenters. The van der Waals surface area contributed by atoms with Gasteiger partial charge in [-0.15, -0.1) is 0 Å². The molecule has 178 valence electrons.